The van der Waals surface area contributed by atoms with Gasteiger partial charge in [0.15, 0.2) is 0 Å². The number of hydrogen-bond acceptors (Lipinski definition) is 1. The van der Waals surface area contributed by atoms with E-state index >= 15 is 0 Å². The number of rotatable bonds is 4. The van der Waals surface area contributed by atoms with E-state index in [1.54, 1.807) is 0 Å². The Balaban J connectivity index is 0.000000360. The molecule has 28 heavy (non-hydrogen) atoms. The highest BCUT2D eigenvalue weighted by Crippen LogP contribution is 2.30. The van der Waals surface area contributed by atoms with Crippen molar-refractivity contribution in [3.8, 4) is 0 Å². The van der Waals surface area contributed by atoms with Crippen LogP contribution in [0.5, 0.6) is 0 Å². The van der Waals surface area contributed by atoms with E-state index in [1.165, 1.54) is 62.5 Å². The average molecular weight is 384 g/mol. The Morgan fingerprint density at radius 2 is 1.54 bits per heavy atom. The van der Waals surface area contributed by atoms with Crippen LogP contribution >= 0.6 is 0 Å². The Labute approximate surface area is 175 Å². The molecule has 1 saturated carbocycles. The zero-order chi connectivity index (χ0) is 20.9. The highest BCUT2D eigenvalue weighted by atomic mass is 15.1. The molecular weight excluding hydrogens is 338 g/mol. The van der Waals surface area contributed by atoms with E-state index in [2.05, 4.69) is 75.6 Å². The minimum Gasteiger partial charge on any atom is -0.378 e. The van der Waals surface area contributed by atoms with Crippen molar-refractivity contribution >= 4 is 5.70 Å². The van der Waals surface area contributed by atoms with Gasteiger partial charge in [0.25, 0.3) is 0 Å². The number of benzene rings is 1. The lowest BCUT2D eigenvalue weighted by Gasteiger charge is -2.26. The van der Waals surface area contributed by atoms with Gasteiger partial charge >= 0.3 is 0 Å². The van der Waals surface area contributed by atoms with E-state index in [4.69, 9.17) is 0 Å². The van der Waals surface area contributed by atoms with Crippen molar-refractivity contribution in [3.63, 3.8) is 0 Å². The lowest BCUT2D eigenvalue weighted by molar-refractivity contribution is 0.289. The second-order valence-corrected chi connectivity index (χ2v) is 9.06. The predicted molar refractivity (Wildman–Crippen MR) is 127 cm³/mol. The fourth-order valence-corrected chi connectivity index (χ4v) is 3.74. The normalized spacial score (nSPS) is 23.1. The van der Waals surface area contributed by atoms with Gasteiger partial charge in [-0.05, 0) is 61.0 Å². The van der Waals surface area contributed by atoms with E-state index in [0.29, 0.717) is 0 Å². The maximum Gasteiger partial charge on any atom is 0.0361 e. The largest absolute Gasteiger partial charge is 0.378 e. The fraction of sp³-hybridized carbons (Fsp3) is 0.630. The first kappa shape index (κ1) is 24.5. The first-order valence-electron chi connectivity index (χ1n) is 11.5. The molecule has 0 aliphatic heterocycles. The predicted octanol–water partition coefficient (Wildman–Crippen LogP) is 7.98. The fourth-order valence-electron chi connectivity index (χ4n) is 3.74. The van der Waals surface area contributed by atoms with Crippen LogP contribution < -0.4 is 0 Å². The average Bonchev–Trinajstić information content (AvgIpc) is 3.16. The smallest absolute Gasteiger partial charge is 0.0361 e. The molecule has 1 heteroatoms. The summed E-state index contributed by atoms with van der Waals surface area (Å²) in [5.74, 6) is 2.71. The van der Waals surface area contributed by atoms with Crippen molar-refractivity contribution in [1.29, 1.82) is 0 Å². The summed E-state index contributed by atoms with van der Waals surface area (Å²) in [6.45, 7) is 13.0. The summed E-state index contributed by atoms with van der Waals surface area (Å²) in [6.07, 6.45) is 15.4. The second kappa shape index (κ2) is 13.6. The van der Waals surface area contributed by atoms with Crippen molar-refractivity contribution in [3.05, 3.63) is 54.1 Å². The summed E-state index contributed by atoms with van der Waals surface area (Å²) in [4.78, 5) is 2.07. The highest BCUT2D eigenvalue weighted by Gasteiger charge is 2.18. The number of hydrogen-bond donors (Lipinski definition) is 0. The van der Waals surface area contributed by atoms with Crippen molar-refractivity contribution in [2.75, 3.05) is 14.1 Å². The van der Waals surface area contributed by atoms with Crippen molar-refractivity contribution in [2.24, 2.45) is 17.8 Å². The summed E-state index contributed by atoms with van der Waals surface area (Å²) >= 11 is 0. The third-order valence-corrected chi connectivity index (χ3v) is 5.74. The summed E-state index contributed by atoms with van der Waals surface area (Å²) in [5, 5.41) is 0. The monoisotopic (exact) mass is 383 g/mol. The Bertz CT molecular complexity index is 558. The quantitative estimate of drug-likeness (QED) is 0.476. The first-order chi connectivity index (χ1) is 13.4. The van der Waals surface area contributed by atoms with Crippen LogP contribution in [-0.4, -0.2) is 19.0 Å². The van der Waals surface area contributed by atoms with Crippen LogP contribution in [0, 0.1) is 17.8 Å². The Hall–Kier alpha value is -1.50. The van der Waals surface area contributed by atoms with Gasteiger partial charge in [0.1, 0.15) is 0 Å². The van der Waals surface area contributed by atoms with Crippen molar-refractivity contribution < 1.29 is 0 Å². The maximum atomic E-state index is 4.10. The molecule has 2 aliphatic carbocycles. The molecule has 0 saturated heterocycles. The summed E-state index contributed by atoms with van der Waals surface area (Å²) in [7, 11) is 4.08. The molecule has 0 bridgehead atoms. The topological polar surface area (TPSA) is 3.24 Å². The molecule has 1 atom stereocenters. The Kier molecular flexibility index (Phi) is 12.0. The van der Waals surface area contributed by atoms with Crippen LogP contribution in [0.3, 0.4) is 0 Å². The molecule has 1 aromatic rings. The van der Waals surface area contributed by atoms with Gasteiger partial charge < -0.3 is 4.90 Å². The zero-order valence-electron chi connectivity index (χ0n) is 19.5. The molecule has 1 fully saturated rings. The van der Waals surface area contributed by atoms with Gasteiger partial charge in [-0.1, -0.05) is 90.0 Å². The van der Waals surface area contributed by atoms with Crippen LogP contribution in [-0.2, 0) is 6.42 Å². The van der Waals surface area contributed by atoms with Gasteiger partial charge in [-0.15, -0.1) is 0 Å². The lowest BCUT2D eigenvalue weighted by atomic mass is 9.80. The molecular formula is C27H45N. The standard InChI is InChI=1S/C18H27N.C6H10.C3H8/c1-14-5-7-16(8-6-14)13-17-9-11-18(12-10-17)15(2)19(3)4;1-6-4-2-3-5-6;1-3-2/h9-12,14,16H,2,5-8,13H2,1,3-4H3;2,4,6H,3,5H2,1H3;3H2,1-2H3. The van der Waals surface area contributed by atoms with Gasteiger partial charge in [-0.3, -0.25) is 0 Å². The minimum absolute atomic E-state index is 0.866. The summed E-state index contributed by atoms with van der Waals surface area (Å²) in [5.41, 5.74) is 3.79. The zero-order valence-corrected chi connectivity index (χ0v) is 19.5. The first-order valence-corrected chi connectivity index (χ1v) is 11.5. The molecule has 3 rings (SSSR count). The van der Waals surface area contributed by atoms with Gasteiger partial charge in [-0.2, -0.15) is 0 Å². The molecule has 1 aromatic carbocycles. The van der Waals surface area contributed by atoms with Gasteiger partial charge in [0, 0.05) is 19.8 Å². The van der Waals surface area contributed by atoms with Crippen LogP contribution in [0.2, 0.25) is 0 Å². The lowest BCUT2D eigenvalue weighted by Crippen LogP contribution is -2.14. The van der Waals surface area contributed by atoms with Crippen LogP contribution in [0.15, 0.2) is 43.0 Å². The molecule has 1 unspecified atom stereocenters. The van der Waals surface area contributed by atoms with Crippen LogP contribution in [0.1, 0.15) is 83.8 Å². The van der Waals surface area contributed by atoms with E-state index in [0.717, 1.165) is 23.5 Å². The Morgan fingerprint density at radius 1 is 0.964 bits per heavy atom. The molecule has 0 aromatic heterocycles. The molecule has 1 nitrogen and oxygen atoms in total. The van der Waals surface area contributed by atoms with E-state index in [-0.39, 0.29) is 0 Å². The minimum atomic E-state index is 0.866. The van der Waals surface area contributed by atoms with Gasteiger partial charge in [0.2, 0.25) is 0 Å². The second-order valence-electron chi connectivity index (χ2n) is 9.06. The number of allylic oxidation sites excluding steroid dienone is 2. The molecule has 0 spiro atoms. The van der Waals surface area contributed by atoms with Gasteiger partial charge in [0.05, 0.1) is 0 Å². The Morgan fingerprint density at radius 3 is 1.93 bits per heavy atom. The van der Waals surface area contributed by atoms with Crippen molar-refractivity contribution in [2.45, 2.75) is 79.1 Å². The summed E-state index contributed by atoms with van der Waals surface area (Å²) in [6, 6.07) is 8.98. The molecule has 0 heterocycles. The molecule has 2 aliphatic rings. The van der Waals surface area contributed by atoms with Crippen LogP contribution in [0.4, 0.5) is 0 Å². The maximum absolute atomic E-state index is 4.10. The van der Waals surface area contributed by atoms with Crippen molar-refractivity contribution in [1.82, 2.24) is 4.90 Å². The van der Waals surface area contributed by atoms with E-state index < -0.39 is 0 Å². The van der Waals surface area contributed by atoms with E-state index in [9.17, 15) is 0 Å². The highest BCUT2D eigenvalue weighted by molar-refractivity contribution is 5.61. The third kappa shape index (κ3) is 9.62. The molecule has 0 amide bonds. The van der Waals surface area contributed by atoms with Gasteiger partial charge in [-0.25, -0.2) is 0 Å². The summed E-state index contributed by atoms with van der Waals surface area (Å²) < 4.78 is 0. The SMILES string of the molecule is C=C(c1ccc(CC2CCC(C)CC2)cc1)N(C)C.CC1C=CCC1.CCC. The number of nitrogens with zero attached hydrogens (tertiary/aromatic N) is 1. The third-order valence-electron chi connectivity index (χ3n) is 5.74. The molecule has 158 valence electrons. The molecule has 0 radical (unpaired) electrons. The molecule has 0 N–H and O–H groups in total. The van der Waals surface area contributed by atoms with E-state index in [1.807, 2.05) is 14.1 Å². The van der Waals surface area contributed by atoms with Crippen LogP contribution in [0.25, 0.3) is 5.70 Å².